The first-order valence-corrected chi connectivity index (χ1v) is 10.9. The van der Waals surface area contributed by atoms with Gasteiger partial charge in [0.05, 0.1) is 26.2 Å². The number of ether oxygens (including phenoxy) is 2. The number of methoxy groups -OCH3 is 2. The van der Waals surface area contributed by atoms with Crippen LogP contribution in [0, 0.1) is 5.92 Å². The normalized spacial score (nSPS) is 18.5. The van der Waals surface area contributed by atoms with Gasteiger partial charge >= 0.3 is 0 Å². The lowest BCUT2D eigenvalue weighted by atomic mass is 9.83. The molecular formula is C25H32N2O4. The van der Waals surface area contributed by atoms with E-state index in [4.69, 9.17) is 9.47 Å². The van der Waals surface area contributed by atoms with Crippen molar-refractivity contribution in [2.24, 2.45) is 5.92 Å². The Hall–Kier alpha value is -3.02. The first kappa shape index (κ1) is 22.7. The lowest BCUT2D eigenvalue weighted by Crippen LogP contribution is -2.48. The average Bonchev–Trinajstić information content (AvgIpc) is 2.82. The van der Waals surface area contributed by atoms with E-state index in [1.807, 2.05) is 53.4 Å². The van der Waals surface area contributed by atoms with Crippen molar-refractivity contribution >= 4 is 11.8 Å². The van der Waals surface area contributed by atoms with Gasteiger partial charge in [-0.2, -0.15) is 0 Å². The van der Waals surface area contributed by atoms with Gasteiger partial charge in [-0.05, 0) is 48.2 Å². The monoisotopic (exact) mass is 424 g/mol. The van der Waals surface area contributed by atoms with E-state index in [0.717, 1.165) is 35.5 Å². The van der Waals surface area contributed by atoms with Crippen molar-refractivity contribution in [1.82, 2.24) is 10.2 Å². The Bertz CT molecular complexity index is 864. The van der Waals surface area contributed by atoms with Crippen molar-refractivity contribution in [3.8, 4) is 11.5 Å². The topological polar surface area (TPSA) is 67.9 Å². The smallest absolute Gasteiger partial charge is 0.225 e. The number of carbonyl (C=O) groups excluding carboxylic acids is 2. The number of nitrogens with one attached hydrogen (secondary N) is 1. The third-order valence-corrected chi connectivity index (χ3v) is 5.88. The summed E-state index contributed by atoms with van der Waals surface area (Å²) in [6, 6.07) is 15.1. The van der Waals surface area contributed by atoms with Crippen LogP contribution >= 0.6 is 0 Å². The molecule has 1 N–H and O–H groups in total. The number of carbonyl (C=O) groups is 2. The van der Waals surface area contributed by atoms with Crippen molar-refractivity contribution in [3.63, 3.8) is 0 Å². The summed E-state index contributed by atoms with van der Waals surface area (Å²) in [6.07, 6.45) is 2.86. The second-order valence-electron chi connectivity index (χ2n) is 7.87. The molecule has 1 saturated heterocycles. The van der Waals surface area contributed by atoms with E-state index in [1.165, 1.54) is 0 Å². The fourth-order valence-electron chi connectivity index (χ4n) is 4.10. The van der Waals surface area contributed by atoms with Gasteiger partial charge in [0.15, 0.2) is 0 Å². The van der Waals surface area contributed by atoms with Gasteiger partial charge in [0.25, 0.3) is 0 Å². The third kappa shape index (κ3) is 5.57. The Morgan fingerprint density at radius 2 is 1.65 bits per heavy atom. The van der Waals surface area contributed by atoms with E-state index in [0.29, 0.717) is 25.9 Å². The van der Waals surface area contributed by atoms with Crippen molar-refractivity contribution < 1.29 is 19.1 Å². The Morgan fingerprint density at radius 3 is 2.23 bits per heavy atom. The molecule has 1 fully saturated rings. The van der Waals surface area contributed by atoms with Crippen LogP contribution < -0.4 is 14.8 Å². The predicted molar refractivity (Wildman–Crippen MR) is 120 cm³/mol. The fraction of sp³-hybridized carbons (Fsp3) is 0.440. The van der Waals surface area contributed by atoms with E-state index in [9.17, 15) is 9.59 Å². The standard InChI is InChI=1S/C25H32N2O4/c1-4-5-16-27-23(28)15-14-22(24(27)19-8-12-21(31-3)13-9-19)25(29)26-17-18-6-10-20(30-2)11-7-18/h6-13,22,24H,4-5,14-17H2,1-3H3,(H,26,29). The summed E-state index contributed by atoms with van der Waals surface area (Å²) in [5, 5.41) is 3.08. The van der Waals surface area contributed by atoms with E-state index >= 15 is 0 Å². The SMILES string of the molecule is CCCCN1C(=O)CCC(C(=O)NCc2ccc(OC)cc2)C1c1ccc(OC)cc1. The molecule has 3 rings (SSSR count). The second-order valence-corrected chi connectivity index (χ2v) is 7.87. The Balaban J connectivity index is 1.79. The molecule has 2 unspecified atom stereocenters. The Labute approximate surface area is 184 Å². The molecule has 0 aliphatic carbocycles. The summed E-state index contributed by atoms with van der Waals surface area (Å²) in [5.41, 5.74) is 1.97. The number of nitrogens with zero attached hydrogens (tertiary/aromatic N) is 1. The molecule has 166 valence electrons. The van der Waals surface area contributed by atoms with Gasteiger partial charge in [0.2, 0.25) is 11.8 Å². The van der Waals surface area contributed by atoms with Crippen LogP contribution in [-0.4, -0.2) is 37.5 Å². The minimum atomic E-state index is -0.291. The number of piperidine rings is 1. The largest absolute Gasteiger partial charge is 0.497 e. The number of benzene rings is 2. The number of hydrogen-bond acceptors (Lipinski definition) is 4. The minimum Gasteiger partial charge on any atom is -0.497 e. The van der Waals surface area contributed by atoms with E-state index in [2.05, 4.69) is 12.2 Å². The summed E-state index contributed by atoms with van der Waals surface area (Å²) in [5.74, 6) is 1.35. The van der Waals surface area contributed by atoms with E-state index < -0.39 is 0 Å². The predicted octanol–water partition coefficient (Wildman–Crippen LogP) is 4.10. The molecule has 2 aromatic carbocycles. The van der Waals surface area contributed by atoms with Gasteiger partial charge < -0.3 is 19.7 Å². The van der Waals surface area contributed by atoms with Gasteiger partial charge in [-0.15, -0.1) is 0 Å². The average molecular weight is 425 g/mol. The zero-order valence-electron chi connectivity index (χ0n) is 18.6. The molecule has 1 heterocycles. The molecule has 0 saturated carbocycles. The number of likely N-dealkylation sites (tertiary alicyclic amines) is 1. The van der Waals surface area contributed by atoms with Gasteiger partial charge in [0.1, 0.15) is 11.5 Å². The molecule has 1 aliphatic rings. The van der Waals surface area contributed by atoms with Crippen LogP contribution in [0.5, 0.6) is 11.5 Å². The summed E-state index contributed by atoms with van der Waals surface area (Å²) in [7, 11) is 3.26. The number of amides is 2. The number of hydrogen-bond donors (Lipinski definition) is 1. The molecule has 1 aliphatic heterocycles. The molecule has 2 aromatic rings. The quantitative estimate of drug-likeness (QED) is 0.658. The number of rotatable bonds is 9. The molecule has 0 bridgehead atoms. The molecule has 0 aromatic heterocycles. The summed E-state index contributed by atoms with van der Waals surface area (Å²) < 4.78 is 10.5. The zero-order chi connectivity index (χ0) is 22.2. The van der Waals surface area contributed by atoms with Gasteiger partial charge in [-0.25, -0.2) is 0 Å². The van der Waals surface area contributed by atoms with Crippen LogP contribution in [0.1, 0.15) is 49.8 Å². The molecular weight excluding hydrogens is 392 g/mol. The summed E-state index contributed by atoms with van der Waals surface area (Å²) >= 11 is 0. The Kier molecular flexibility index (Phi) is 7.93. The zero-order valence-corrected chi connectivity index (χ0v) is 18.6. The van der Waals surface area contributed by atoms with Gasteiger partial charge in [-0.1, -0.05) is 37.6 Å². The molecule has 0 spiro atoms. The van der Waals surface area contributed by atoms with Crippen LogP contribution in [0.15, 0.2) is 48.5 Å². The van der Waals surface area contributed by atoms with Crippen LogP contribution in [0.25, 0.3) is 0 Å². The van der Waals surface area contributed by atoms with Crippen LogP contribution in [0.2, 0.25) is 0 Å². The molecule has 0 radical (unpaired) electrons. The van der Waals surface area contributed by atoms with Crippen molar-refractivity contribution in [1.29, 1.82) is 0 Å². The van der Waals surface area contributed by atoms with E-state index in [1.54, 1.807) is 14.2 Å². The maximum atomic E-state index is 13.2. The van der Waals surface area contributed by atoms with E-state index in [-0.39, 0.29) is 23.8 Å². The van der Waals surface area contributed by atoms with Crippen LogP contribution in [-0.2, 0) is 16.1 Å². The van der Waals surface area contributed by atoms with Crippen molar-refractivity contribution in [2.75, 3.05) is 20.8 Å². The molecule has 2 atom stereocenters. The molecule has 31 heavy (non-hydrogen) atoms. The highest BCUT2D eigenvalue weighted by molar-refractivity contribution is 5.85. The lowest BCUT2D eigenvalue weighted by Gasteiger charge is -2.41. The summed E-state index contributed by atoms with van der Waals surface area (Å²) in [6.45, 7) is 3.21. The fourth-order valence-corrected chi connectivity index (χ4v) is 4.10. The van der Waals surface area contributed by atoms with Crippen LogP contribution in [0.4, 0.5) is 0 Å². The third-order valence-electron chi connectivity index (χ3n) is 5.88. The van der Waals surface area contributed by atoms with Crippen LogP contribution in [0.3, 0.4) is 0 Å². The lowest BCUT2D eigenvalue weighted by molar-refractivity contribution is -0.143. The maximum Gasteiger partial charge on any atom is 0.225 e. The molecule has 6 nitrogen and oxygen atoms in total. The summed E-state index contributed by atoms with van der Waals surface area (Å²) in [4.78, 5) is 27.9. The van der Waals surface area contributed by atoms with Gasteiger partial charge in [-0.3, -0.25) is 9.59 Å². The number of unbranched alkanes of at least 4 members (excludes halogenated alkanes) is 1. The first-order valence-electron chi connectivity index (χ1n) is 10.9. The highest BCUT2D eigenvalue weighted by Gasteiger charge is 2.40. The second kappa shape index (κ2) is 10.8. The van der Waals surface area contributed by atoms with Crippen molar-refractivity contribution in [3.05, 3.63) is 59.7 Å². The minimum absolute atomic E-state index is 0.0226. The molecule has 6 heteroatoms. The highest BCUT2D eigenvalue weighted by atomic mass is 16.5. The highest BCUT2D eigenvalue weighted by Crippen LogP contribution is 2.37. The van der Waals surface area contributed by atoms with Gasteiger partial charge in [0, 0.05) is 19.5 Å². The van der Waals surface area contributed by atoms with Crippen molar-refractivity contribution in [2.45, 2.75) is 45.2 Å². The maximum absolute atomic E-state index is 13.2. The molecule has 2 amide bonds. The Morgan fingerprint density at radius 1 is 1.03 bits per heavy atom. The first-order chi connectivity index (χ1) is 15.1.